The third kappa shape index (κ3) is 36.5. The van der Waals surface area contributed by atoms with Gasteiger partial charge >= 0.3 is 11.9 Å². The molecule has 7 nitrogen and oxygen atoms in total. The van der Waals surface area contributed by atoms with E-state index in [1.54, 1.807) is 0 Å². The van der Waals surface area contributed by atoms with Crippen LogP contribution in [0.2, 0.25) is 0 Å². The largest absolute Gasteiger partial charge is 0.465 e. The molecule has 7 heteroatoms. The highest BCUT2D eigenvalue weighted by Gasteiger charge is 2.17. The fraction of sp³-hybridized carbons (Fsp3) is 0.957. The van der Waals surface area contributed by atoms with Gasteiger partial charge in [-0.1, -0.05) is 156 Å². The van der Waals surface area contributed by atoms with Crippen molar-refractivity contribution in [3.63, 3.8) is 0 Å². The van der Waals surface area contributed by atoms with Gasteiger partial charge in [0.05, 0.1) is 19.3 Å². The highest BCUT2D eigenvalue weighted by molar-refractivity contribution is 5.69. The molecule has 0 radical (unpaired) electrons. The number of rotatable bonds is 42. The third-order valence-corrected chi connectivity index (χ3v) is 11.0. The lowest BCUT2D eigenvalue weighted by Crippen LogP contribution is -2.24. The molecule has 0 aliphatic rings. The summed E-state index contributed by atoms with van der Waals surface area (Å²) in [6, 6.07) is 0. The van der Waals surface area contributed by atoms with Crippen molar-refractivity contribution in [1.82, 2.24) is 4.90 Å². The van der Waals surface area contributed by atoms with Crippen molar-refractivity contribution in [1.29, 1.82) is 0 Å². The lowest BCUT2D eigenvalue weighted by atomic mass is 9.95. The standard InChI is InChI=1S/C47H93NO6/c1-7-11-15-21-30-42(31-22-16-12-8-2)40-52-45(49)36-27-19-25-34-44(54-47(51)38-29-39-48(5)6)35-26-20-28-37-46(50)53-41-43(32-23-17-13-9-3)33-24-18-14-10-4/h42-44,47,51H,7-41H2,1-6H3. The zero-order valence-corrected chi connectivity index (χ0v) is 37.0. The first-order chi connectivity index (χ1) is 26.2. The summed E-state index contributed by atoms with van der Waals surface area (Å²) in [5.41, 5.74) is 0. The van der Waals surface area contributed by atoms with E-state index in [2.05, 4.69) is 32.6 Å². The molecule has 0 aliphatic carbocycles. The minimum Gasteiger partial charge on any atom is -0.465 e. The van der Waals surface area contributed by atoms with Crippen molar-refractivity contribution in [3.05, 3.63) is 0 Å². The number of carbonyl (C=O) groups excluding carboxylic acids is 2. The first kappa shape index (κ1) is 52.8. The van der Waals surface area contributed by atoms with Gasteiger partial charge in [0, 0.05) is 12.8 Å². The Balaban J connectivity index is 4.64. The monoisotopic (exact) mass is 768 g/mol. The van der Waals surface area contributed by atoms with E-state index >= 15 is 0 Å². The summed E-state index contributed by atoms with van der Waals surface area (Å²) >= 11 is 0. The molecular weight excluding hydrogens is 675 g/mol. The van der Waals surface area contributed by atoms with Crippen LogP contribution in [0.15, 0.2) is 0 Å². The molecule has 0 spiro atoms. The number of aliphatic hydroxyl groups is 1. The van der Waals surface area contributed by atoms with Gasteiger partial charge in [-0.05, 0) is 96.7 Å². The van der Waals surface area contributed by atoms with Crippen molar-refractivity contribution in [2.45, 2.75) is 246 Å². The van der Waals surface area contributed by atoms with Crippen LogP contribution in [0.5, 0.6) is 0 Å². The average molecular weight is 768 g/mol. The second-order valence-corrected chi connectivity index (χ2v) is 16.9. The number of aliphatic hydroxyl groups excluding tert-OH is 1. The van der Waals surface area contributed by atoms with E-state index in [1.807, 2.05) is 14.1 Å². The predicted molar refractivity (Wildman–Crippen MR) is 229 cm³/mol. The van der Waals surface area contributed by atoms with Crippen LogP contribution in [0.25, 0.3) is 0 Å². The smallest absolute Gasteiger partial charge is 0.305 e. The molecule has 0 aromatic carbocycles. The van der Waals surface area contributed by atoms with Crippen molar-refractivity contribution >= 4 is 11.9 Å². The van der Waals surface area contributed by atoms with Crippen LogP contribution >= 0.6 is 0 Å². The topological polar surface area (TPSA) is 85.3 Å². The van der Waals surface area contributed by atoms with Gasteiger partial charge in [0.25, 0.3) is 0 Å². The summed E-state index contributed by atoms with van der Waals surface area (Å²) in [4.78, 5) is 27.4. The molecule has 0 saturated heterocycles. The highest BCUT2D eigenvalue weighted by atomic mass is 16.6. The number of nitrogens with zero attached hydrogens (tertiary/aromatic N) is 1. The molecule has 0 aromatic heterocycles. The van der Waals surface area contributed by atoms with Gasteiger partial charge in [-0.3, -0.25) is 9.59 Å². The summed E-state index contributed by atoms with van der Waals surface area (Å²) in [5, 5.41) is 10.7. The molecule has 322 valence electrons. The molecule has 0 aliphatic heterocycles. The van der Waals surface area contributed by atoms with Crippen LogP contribution in [0.3, 0.4) is 0 Å². The van der Waals surface area contributed by atoms with Crippen molar-refractivity contribution in [2.24, 2.45) is 11.8 Å². The van der Waals surface area contributed by atoms with Gasteiger partial charge in [-0.15, -0.1) is 0 Å². The van der Waals surface area contributed by atoms with Crippen molar-refractivity contribution in [2.75, 3.05) is 33.9 Å². The Labute approximate surface area is 336 Å². The Hall–Kier alpha value is -1.18. The second-order valence-electron chi connectivity index (χ2n) is 16.9. The Morgan fingerprint density at radius 2 is 0.815 bits per heavy atom. The Morgan fingerprint density at radius 1 is 0.463 bits per heavy atom. The van der Waals surface area contributed by atoms with Crippen LogP contribution in [-0.4, -0.2) is 68.2 Å². The molecule has 0 heterocycles. The zero-order valence-electron chi connectivity index (χ0n) is 37.0. The molecule has 54 heavy (non-hydrogen) atoms. The molecule has 0 aromatic rings. The molecule has 1 unspecified atom stereocenters. The molecule has 1 atom stereocenters. The fourth-order valence-corrected chi connectivity index (χ4v) is 7.42. The number of ether oxygens (including phenoxy) is 3. The SMILES string of the molecule is CCCCCCC(CCCCCC)COC(=O)CCCCCC(CCCCCC(=O)OCC(CCCCCC)CCCCCC)OC(O)CCCN(C)C. The average Bonchev–Trinajstić information content (AvgIpc) is 3.15. The van der Waals surface area contributed by atoms with Gasteiger partial charge in [0.1, 0.15) is 0 Å². The molecule has 0 bridgehead atoms. The third-order valence-electron chi connectivity index (χ3n) is 11.0. The molecule has 0 saturated carbocycles. The molecule has 0 rings (SSSR count). The van der Waals surface area contributed by atoms with E-state index in [-0.39, 0.29) is 18.0 Å². The number of esters is 2. The minimum atomic E-state index is -0.756. The van der Waals surface area contributed by atoms with Crippen LogP contribution in [0.4, 0.5) is 0 Å². The molecule has 1 N–H and O–H groups in total. The predicted octanol–water partition coefficient (Wildman–Crippen LogP) is 13.1. The Morgan fingerprint density at radius 3 is 1.17 bits per heavy atom. The number of hydrogen-bond acceptors (Lipinski definition) is 7. The van der Waals surface area contributed by atoms with Crippen LogP contribution in [0, 0.1) is 11.8 Å². The highest BCUT2D eigenvalue weighted by Crippen LogP contribution is 2.22. The quantitative estimate of drug-likeness (QED) is 0.0376. The molecular formula is C47H93NO6. The van der Waals surface area contributed by atoms with Gasteiger partial charge in [-0.2, -0.15) is 0 Å². The van der Waals surface area contributed by atoms with Crippen molar-refractivity contribution < 1.29 is 28.9 Å². The summed E-state index contributed by atoms with van der Waals surface area (Å²) in [7, 11) is 4.09. The minimum absolute atomic E-state index is 0.0133. The first-order valence-electron chi connectivity index (χ1n) is 23.5. The molecule has 0 amide bonds. The number of hydrogen-bond donors (Lipinski definition) is 1. The Kier molecular flexibility index (Phi) is 39.2. The van der Waals surface area contributed by atoms with Crippen LogP contribution < -0.4 is 0 Å². The van der Waals surface area contributed by atoms with E-state index in [4.69, 9.17) is 14.2 Å². The number of unbranched alkanes of at least 4 members (excludes halogenated alkanes) is 16. The van der Waals surface area contributed by atoms with Gasteiger partial charge < -0.3 is 24.2 Å². The maximum Gasteiger partial charge on any atom is 0.305 e. The van der Waals surface area contributed by atoms with Crippen molar-refractivity contribution in [3.8, 4) is 0 Å². The van der Waals surface area contributed by atoms with Gasteiger partial charge in [0.15, 0.2) is 6.29 Å². The summed E-state index contributed by atoms with van der Waals surface area (Å²) < 4.78 is 17.7. The fourth-order valence-electron chi connectivity index (χ4n) is 7.42. The van der Waals surface area contributed by atoms with Crippen LogP contribution in [0.1, 0.15) is 233 Å². The normalized spacial score (nSPS) is 12.4. The lowest BCUT2D eigenvalue weighted by molar-refractivity contribution is -0.146. The second kappa shape index (κ2) is 40.0. The summed E-state index contributed by atoms with van der Waals surface area (Å²) in [6.45, 7) is 11.1. The van der Waals surface area contributed by atoms with E-state index < -0.39 is 6.29 Å². The van der Waals surface area contributed by atoms with E-state index in [0.717, 1.165) is 64.3 Å². The van der Waals surface area contributed by atoms with E-state index in [0.29, 0.717) is 44.3 Å². The first-order valence-corrected chi connectivity index (χ1v) is 23.5. The zero-order chi connectivity index (χ0) is 39.9. The van der Waals surface area contributed by atoms with Gasteiger partial charge in [0.2, 0.25) is 0 Å². The number of carbonyl (C=O) groups is 2. The van der Waals surface area contributed by atoms with E-state index in [9.17, 15) is 14.7 Å². The van der Waals surface area contributed by atoms with E-state index in [1.165, 1.54) is 128 Å². The van der Waals surface area contributed by atoms with Crippen LogP contribution in [-0.2, 0) is 23.8 Å². The lowest BCUT2D eigenvalue weighted by Gasteiger charge is -2.22. The molecule has 0 fully saturated rings. The maximum atomic E-state index is 12.6. The maximum absolute atomic E-state index is 12.6. The van der Waals surface area contributed by atoms with Gasteiger partial charge in [-0.25, -0.2) is 0 Å². The summed E-state index contributed by atoms with van der Waals surface area (Å²) in [6.07, 6.45) is 33.8. The Bertz CT molecular complexity index is 729. The summed E-state index contributed by atoms with van der Waals surface area (Å²) in [5.74, 6) is 0.884.